The lowest BCUT2D eigenvalue weighted by atomic mass is 9.85. The van der Waals surface area contributed by atoms with Crippen molar-refractivity contribution in [2.75, 3.05) is 83.3 Å². The standard InChI is InChI=1S/C56H72N12O9S/c1-7-43-48-42(30-57)61-34-67(48)45-32-60-55(65-51(45)68(43)40-11-8-9-12-40)63-41-19-18-39(29-46(41)73-6)52(70)58-20-22-74-23-24-75-25-26-76-27-28-77-33-47(69)64-50(56(3,4)5)54(72)66-21-10-13-44(66)53(71)59-31-37-14-16-38(17-15-37)49-36(2)62-35-78-49/h14-19,29,32,34-35,40,43-44,50H,7-13,20-28,31,33H2,1-6H3,(H,58,70)(H,59,71)(H,64,69)(H,60,63,65)/t43-,44+,50-/m1/s1. The fourth-order valence-corrected chi connectivity index (χ4v) is 11.0. The Kier molecular flexibility index (Phi) is 19.8. The summed E-state index contributed by atoms with van der Waals surface area (Å²) in [4.78, 5) is 76.9. The molecule has 78 heavy (non-hydrogen) atoms. The van der Waals surface area contributed by atoms with Crippen LogP contribution in [0.4, 0.5) is 17.5 Å². The molecule has 5 aromatic rings. The number of anilines is 3. The first-order valence-corrected chi connectivity index (χ1v) is 27.7. The number of benzene rings is 2. The zero-order valence-electron chi connectivity index (χ0n) is 45.5. The molecule has 0 spiro atoms. The Morgan fingerprint density at radius 2 is 1.60 bits per heavy atom. The molecule has 22 heteroatoms. The Morgan fingerprint density at radius 3 is 2.27 bits per heavy atom. The summed E-state index contributed by atoms with van der Waals surface area (Å²) in [6, 6.07) is 14.2. The van der Waals surface area contributed by atoms with Crippen molar-refractivity contribution in [3.63, 3.8) is 0 Å². The first kappa shape index (κ1) is 57.2. The molecule has 416 valence electrons. The fraction of sp³-hybridized carbons (Fsp3) is 0.518. The van der Waals surface area contributed by atoms with Crippen molar-refractivity contribution in [3.05, 3.63) is 88.7 Å². The summed E-state index contributed by atoms with van der Waals surface area (Å²) in [5, 5.41) is 21.9. The summed E-state index contributed by atoms with van der Waals surface area (Å²) in [7, 11) is 1.54. The Labute approximate surface area is 459 Å². The van der Waals surface area contributed by atoms with E-state index in [4.69, 9.17) is 28.7 Å². The van der Waals surface area contributed by atoms with Crippen LogP contribution in [0.5, 0.6) is 5.75 Å². The van der Waals surface area contributed by atoms with E-state index in [-0.39, 0.29) is 62.8 Å². The number of hydrogen-bond acceptors (Lipinski definition) is 17. The second kappa shape index (κ2) is 27.0. The number of carbonyl (C=O) groups is 4. The second-order valence-corrected chi connectivity index (χ2v) is 21.4. The van der Waals surface area contributed by atoms with Gasteiger partial charge in [-0.3, -0.25) is 23.7 Å². The number of thiazole rings is 1. The van der Waals surface area contributed by atoms with Crippen LogP contribution < -0.4 is 30.9 Å². The molecule has 2 aliphatic heterocycles. The number of methoxy groups -OCH3 is 1. The molecular formula is C56H72N12O9S. The van der Waals surface area contributed by atoms with Gasteiger partial charge in [0.1, 0.15) is 42.5 Å². The van der Waals surface area contributed by atoms with E-state index in [2.05, 4.69) is 54.1 Å². The molecule has 4 N–H and O–H groups in total. The lowest BCUT2D eigenvalue weighted by molar-refractivity contribution is -0.144. The number of rotatable bonds is 26. The number of imidazole rings is 1. The van der Waals surface area contributed by atoms with E-state index in [0.29, 0.717) is 81.0 Å². The van der Waals surface area contributed by atoms with Crippen LogP contribution in [-0.2, 0) is 39.9 Å². The molecule has 1 aliphatic carbocycles. The molecule has 1 saturated carbocycles. The third-order valence-electron chi connectivity index (χ3n) is 14.2. The minimum Gasteiger partial charge on any atom is -0.495 e. The van der Waals surface area contributed by atoms with E-state index >= 15 is 0 Å². The van der Waals surface area contributed by atoms with Crippen molar-refractivity contribution in [2.45, 2.75) is 110 Å². The number of likely N-dealkylation sites (tertiary alicyclic amines) is 1. The average molecular weight is 1090 g/mol. The normalized spacial score (nSPS) is 16.5. The highest BCUT2D eigenvalue weighted by Gasteiger charge is 2.42. The number of fused-ring (bicyclic) bond motifs is 3. The highest BCUT2D eigenvalue weighted by atomic mass is 32.1. The molecule has 0 unspecified atom stereocenters. The van der Waals surface area contributed by atoms with Crippen LogP contribution in [0.3, 0.4) is 0 Å². The number of aromatic nitrogens is 5. The van der Waals surface area contributed by atoms with Crippen molar-refractivity contribution in [3.8, 4) is 27.9 Å². The summed E-state index contributed by atoms with van der Waals surface area (Å²) >= 11 is 1.59. The summed E-state index contributed by atoms with van der Waals surface area (Å²) in [5.74, 6) is 0.370. The fourth-order valence-electron chi connectivity index (χ4n) is 10.2. The number of nitriles is 1. The van der Waals surface area contributed by atoms with Crippen molar-refractivity contribution in [1.29, 1.82) is 5.26 Å². The molecule has 3 atom stereocenters. The van der Waals surface area contributed by atoms with Gasteiger partial charge in [0, 0.05) is 31.2 Å². The van der Waals surface area contributed by atoms with Gasteiger partial charge in [-0.2, -0.15) is 10.2 Å². The van der Waals surface area contributed by atoms with Gasteiger partial charge in [0.05, 0.1) is 93.1 Å². The summed E-state index contributed by atoms with van der Waals surface area (Å²) in [5.41, 5.74) is 7.29. The van der Waals surface area contributed by atoms with Gasteiger partial charge in [-0.1, -0.05) is 64.8 Å². The van der Waals surface area contributed by atoms with Crippen molar-refractivity contribution < 1.29 is 42.9 Å². The van der Waals surface area contributed by atoms with Gasteiger partial charge in [-0.05, 0) is 73.8 Å². The number of nitrogens with zero attached hydrogens (tertiary/aromatic N) is 8. The summed E-state index contributed by atoms with van der Waals surface area (Å²) in [6.07, 6.45) is 9.84. The van der Waals surface area contributed by atoms with Crippen LogP contribution >= 0.6 is 11.3 Å². The molecule has 1 saturated heterocycles. The van der Waals surface area contributed by atoms with Gasteiger partial charge >= 0.3 is 0 Å². The molecule has 0 bridgehead atoms. The Bertz CT molecular complexity index is 2890. The Hall–Kier alpha value is -7.03. The maximum absolute atomic E-state index is 13.9. The van der Waals surface area contributed by atoms with Crippen LogP contribution in [0.1, 0.15) is 112 Å². The van der Waals surface area contributed by atoms with Gasteiger partial charge < -0.3 is 54.8 Å². The monoisotopic (exact) mass is 1090 g/mol. The van der Waals surface area contributed by atoms with Gasteiger partial charge in [0.25, 0.3) is 5.91 Å². The molecule has 8 rings (SSSR count). The number of carbonyl (C=O) groups excluding carboxylic acids is 4. The number of aryl methyl sites for hydroxylation is 1. The topological polar surface area (TPSA) is 249 Å². The lowest BCUT2D eigenvalue weighted by Crippen LogP contribution is -2.58. The molecule has 4 amide bonds. The van der Waals surface area contributed by atoms with Gasteiger partial charge in [-0.15, -0.1) is 11.3 Å². The van der Waals surface area contributed by atoms with Crippen LogP contribution in [0, 0.1) is 23.7 Å². The van der Waals surface area contributed by atoms with Gasteiger partial charge in [0.2, 0.25) is 23.7 Å². The van der Waals surface area contributed by atoms with Crippen molar-refractivity contribution >= 4 is 52.4 Å². The zero-order chi connectivity index (χ0) is 55.2. The van der Waals surface area contributed by atoms with Crippen LogP contribution in [0.2, 0.25) is 0 Å². The molecule has 2 aromatic carbocycles. The highest BCUT2D eigenvalue weighted by Crippen LogP contribution is 2.45. The van der Waals surface area contributed by atoms with E-state index in [9.17, 15) is 24.4 Å². The van der Waals surface area contributed by atoms with E-state index in [0.717, 1.165) is 71.0 Å². The third-order valence-corrected chi connectivity index (χ3v) is 15.2. The summed E-state index contributed by atoms with van der Waals surface area (Å²) in [6.45, 7) is 12.5. The van der Waals surface area contributed by atoms with Crippen LogP contribution in [0.25, 0.3) is 16.1 Å². The first-order chi connectivity index (χ1) is 37.8. The molecule has 21 nitrogen and oxygen atoms in total. The Morgan fingerprint density at radius 1 is 0.885 bits per heavy atom. The number of amides is 4. The van der Waals surface area contributed by atoms with Crippen LogP contribution in [0.15, 0.2) is 60.5 Å². The van der Waals surface area contributed by atoms with E-state index < -0.39 is 23.4 Å². The quantitative estimate of drug-likeness (QED) is 0.0428. The largest absolute Gasteiger partial charge is 0.495 e. The number of ether oxygens (including phenoxy) is 5. The first-order valence-electron chi connectivity index (χ1n) is 26.8. The van der Waals surface area contributed by atoms with Gasteiger partial charge in [-0.25, -0.2) is 15.0 Å². The second-order valence-electron chi connectivity index (χ2n) is 20.6. The Balaban J connectivity index is 0.680. The maximum Gasteiger partial charge on any atom is 0.251 e. The minimum absolute atomic E-state index is 0.0512. The van der Waals surface area contributed by atoms with Crippen molar-refractivity contribution in [1.82, 2.24) is 45.4 Å². The van der Waals surface area contributed by atoms with Crippen molar-refractivity contribution in [2.24, 2.45) is 5.41 Å². The number of hydrogen-bond donors (Lipinski definition) is 4. The molecule has 3 aliphatic rings. The SMILES string of the molecule is CC[C@@H]1c2c(C#N)ncn2-c2cnc(Nc3ccc(C(=O)NCCOCCOCCOCCOCC(=O)N[C@H](C(=O)N4CCC[C@H]4C(=O)NCc4ccc(-c5scnc5C)cc4)C(C)(C)C)cc3OC)nc2N1C1CCCC1. The zero-order valence-corrected chi connectivity index (χ0v) is 46.3. The predicted molar refractivity (Wildman–Crippen MR) is 294 cm³/mol. The van der Waals surface area contributed by atoms with E-state index in [1.165, 1.54) is 7.11 Å². The van der Waals surface area contributed by atoms with E-state index in [1.54, 1.807) is 47.0 Å². The third kappa shape index (κ3) is 14.0. The number of nitrogens with one attached hydrogen (secondary N) is 4. The molecule has 0 radical (unpaired) electrons. The maximum atomic E-state index is 13.9. The predicted octanol–water partition coefficient (Wildman–Crippen LogP) is 6.57. The minimum atomic E-state index is -0.860. The van der Waals surface area contributed by atoms with E-state index in [1.807, 2.05) is 62.0 Å². The molecule has 2 fully saturated rings. The summed E-state index contributed by atoms with van der Waals surface area (Å²) < 4.78 is 30.0. The highest BCUT2D eigenvalue weighted by molar-refractivity contribution is 7.13. The van der Waals surface area contributed by atoms with Crippen LogP contribution in [-0.4, -0.2) is 144 Å². The molecule has 3 aromatic heterocycles. The van der Waals surface area contributed by atoms with Gasteiger partial charge in [0.15, 0.2) is 11.5 Å². The molecular weight excluding hydrogens is 1020 g/mol. The molecule has 5 heterocycles. The average Bonchev–Trinajstić information content (AvgIpc) is 4.45. The smallest absolute Gasteiger partial charge is 0.251 e. The lowest BCUT2D eigenvalue weighted by Gasteiger charge is -2.41.